The Bertz CT molecular complexity index is 1490. The van der Waals surface area contributed by atoms with Gasteiger partial charge < -0.3 is 15.2 Å². The lowest BCUT2D eigenvalue weighted by atomic mass is 9.83. The van der Waals surface area contributed by atoms with Crippen LogP contribution in [0.3, 0.4) is 0 Å². The first-order chi connectivity index (χ1) is 16.9. The number of ether oxygens (including phenoxy) is 2. The standard InChI is InChI=1S/C27H26N6O2/c1-16-12-17(2)32(30-16)15-20-13-19(10-11-23(20)34-4)25-22(14-28)26(29)35-27-24(25)18(3)31-33(27)21-8-6-5-7-9-21/h5-13,25H,15,29H2,1-4H3/t25-/m1/s1. The Morgan fingerprint density at radius 2 is 1.86 bits per heavy atom. The summed E-state index contributed by atoms with van der Waals surface area (Å²) in [5, 5.41) is 19.4. The normalized spacial score (nSPS) is 14.9. The van der Waals surface area contributed by atoms with Crippen molar-refractivity contribution in [1.82, 2.24) is 19.6 Å². The molecule has 8 heteroatoms. The van der Waals surface area contributed by atoms with Crippen molar-refractivity contribution >= 4 is 0 Å². The van der Waals surface area contributed by atoms with E-state index in [0.717, 1.165) is 45.2 Å². The maximum absolute atomic E-state index is 10.0. The number of nitrogens with zero attached hydrogens (tertiary/aromatic N) is 5. The third-order valence-electron chi connectivity index (χ3n) is 6.29. The highest BCUT2D eigenvalue weighted by Gasteiger charge is 2.36. The molecule has 8 nitrogen and oxygen atoms in total. The summed E-state index contributed by atoms with van der Waals surface area (Å²) < 4.78 is 15.3. The lowest BCUT2D eigenvalue weighted by Crippen LogP contribution is -2.22. The molecule has 5 rings (SSSR count). The molecule has 0 radical (unpaired) electrons. The monoisotopic (exact) mass is 466 g/mol. The largest absolute Gasteiger partial charge is 0.496 e. The predicted molar refractivity (Wildman–Crippen MR) is 131 cm³/mol. The van der Waals surface area contributed by atoms with Gasteiger partial charge >= 0.3 is 0 Å². The van der Waals surface area contributed by atoms with Gasteiger partial charge in [-0.1, -0.05) is 24.3 Å². The number of benzene rings is 2. The molecule has 2 aromatic carbocycles. The van der Waals surface area contributed by atoms with Gasteiger partial charge in [-0.15, -0.1) is 0 Å². The molecule has 1 atom stereocenters. The molecule has 35 heavy (non-hydrogen) atoms. The Morgan fingerprint density at radius 3 is 2.51 bits per heavy atom. The molecule has 4 aromatic rings. The van der Waals surface area contributed by atoms with Crippen LogP contribution in [0.1, 0.15) is 39.7 Å². The topological polar surface area (TPSA) is 104 Å². The zero-order valence-electron chi connectivity index (χ0n) is 20.1. The first-order valence-electron chi connectivity index (χ1n) is 11.3. The summed E-state index contributed by atoms with van der Waals surface area (Å²) in [6.45, 7) is 6.46. The van der Waals surface area contributed by atoms with Crippen molar-refractivity contribution in [2.75, 3.05) is 7.11 Å². The molecule has 0 unspecified atom stereocenters. The summed E-state index contributed by atoms with van der Waals surface area (Å²) in [7, 11) is 1.65. The number of nitrogens with two attached hydrogens (primary N) is 1. The Labute approximate surface area is 203 Å². The molecule has 176 valence electrons. The van der Waals surface area contributed by atoms with Crippen molar-refractivity contribution in [1.29, 1.82) is 5.26 Å². The second-order valence-corrected chi connectivity index (χ2v) is 8.63. The number of hydrogen-bond acceptors (Lipinski definition) is 6. The van der Waals surface area contributed by atoms with Crippen molar-refractivity contribution < 1.29 is 9.47 Å². The maximum Gasteiger partial charge on any atom is 0.229 e. The van der Waals surface area contributed by atoms with Gasteiger partial charge in [-0.3, -0.25) is 4.68 Å². The van der Waals surface area contributed by atoms with Crippen LogP contribution in [-0.2, 0) is 6.54 Å². The van der Waals surface area contributed by atoms with Gasteiger partial charge in [-0.05, 0) is 56.7 Å². The lowest BCUT2D eigenvalue weighted by molar-refractivity contribution is 0.367. The van der Waals surface area contributed by atoms with Crippen LogP contribution in [0.2, 0.25) is 0 Å². The Balaban J connectivity index is 1.66. The van der Waals surface area contributed by atoms with Gasteiger partial charge in [0.2, 0.25) is 11.8 Å². The number of nitriles is 1. The molecular formula is C27H26N6O2. The van der Waals surface area contributed by atoms with E-state index >= 15 is 0 Å². The van der Waals surface area contributed by atoms with Gasteiger partial charge in [-0.2, -0.15) is 15.5 Å². The Kier molecular flexibility index (Phi) is 5.53. The van der Waals surface area contributed by atoms with Gasteiger partial charge in [0, 0.05) is 11.3 Å². The summed E-state index contributed by atoms with van der Waals surface area (Å²) >= 11 is 0. The number of aryl methyl sites for hydroxylation is 3. The minimum absolute atomic E-state index is 0.0815. The van der Waals surface area contributed by atoms with Gasteiger partial charge in [0.15, 0.2) is 0 Å². The highest BCUT2D eigenvalue weighted by atomic mass is 16.5. The molecule has 1 aliphatic heterocycles. The highest BCUT2D eigenvalue weighted by molar-refractivity contribution is 5.58. The smallest absolute Gasteiger partial charge is 0.229 e. The molecule has 3 heterocycles. The fraction of sp³-hybridized carbons (Fsp3) is 0.222. The summed E-state index contributed by atoms with van der Waals surface area (Å²) in [5.74, 6) is 0.927. The first kappa shape index (κ1) is 22.3. The third-order valence-corrected chi connectivity index (χ3v) is 6.29. The summed E-state index contributed by atoms with van der Waals surface area (Å²) in [6, 6.07) is 20.0. The zero-order valence-corrected chi connectivity index (χ0v) is 20.1. The molecule has 0 bridgehead atoms. The van der Waals surface area contributed by atoms with Crippen LogP contribution in [0.15, 0.2) is 66.1 Å². The minimum Gasteiger partial charge on any atom is -0.496 e. The lowest BCUT2D eigenvalue weighted by Gasteiger charge is -2.25. The summed E-state index contributed by atoms with van der Waals surface area (Å²) in [6.07, 6.45) is 0. The number of rotatable bonds is 5. The van der Waals surface area contributed by atoms with E-state index in [1.54, 1.807) is 11.8 Å². The van der Waals surface area contributed by atoms with Crippen molar-refractivity contribution in [3.63, 3.8) is 0 Å². The average molecular weight is 467 g/mol. The van der Waals surface area contributed by atoms with E-state index < -0.39 is 5.92 Å². The van der Waals surface area contributed by atoms with Gasteiger partial charge in [-0.25, -0.2) is 4.68 Å². The van der Waals surface area contributed by atoms with Gasteiger partial charge in [0.05, 0.1) is 42.2 Å². The average Bonchev–Trinajstić information content (AvgIpc) is 3.35. The Morgan fingerprint density at radius 1 is 1.09 bits per heavy atom. The van der Waals surface area contributed by atoms with Crippen molar-refractivity contribution in [2.45, 2.75) is 33.2 Å². The molecule has 0 spiro atoms. The summed E-state index contributed by atoms with van der Waals surface area (Å²) in [5.41, 5.74) is 13.0. The molecule has 0 amide bonds. The van der Waals surface area contributed by atoms with E-state index in [1.165, 1.54) is 0 Å². The second kappa shape index (κ2) is 8.69. The van der Waals surface area contributed by atoms with E-state index in [1.807, 2.05) is 74.0 Å². The van der Waals surface area contributed by atoms with Crippen molar-refractivity contribution in [3.8, 4) is 23.4 Å². The maximum atomic E-state index is 10.0. The SMILES string of the molecule is COc1ccc([C@@H]2C(C#N)=C(N)Oc3c2c(C)nn3-c2ccccc2)cc1Cn1nc(C)cc1C. The van der Waals surface area contributed by atoms with Gasteiger partial charge in [0.25, 0.3) is 0 Å². The molecule has 0 saturated carbocycles. The predicted octanol–water partition coefficient (Wildman–Crippen LogP) is 4.27. The number of hydrogen-bond donors (Lipinski definition) is 1. The van der Waals surface area contributed by atoms with Crippen LogP contribution in [0, 0.1) is 32.1 Å². The quantitative estimate of drug-likeness (QED) is 0.471. The number of para-hydroxylation sites is 1. The fourth-order valence-electron chi connectivity index (χ4n) is 4.69. The van der Waals surface area contributed by atoms with Crippen molar-refractivity contribution in [2.24, 2.45) is 5.73 Å². The van der Waals surface area contributed by atoms with Crippen LogP contribution in [-0.4, -0.2) is 26.7 Å². The highest BCUT2D eigenvalue weighted by Crippen LogP contribution is 2.45. The third kappa shape index (κ3) is 3.81. The van der Waals surface area contributed by atoms with Crippen LogP contribution in [0.5, 0.6) is 11.6 Å². The molecule has 0 aliphatic carbocycles. The van der Waals surface area contributed by atoms with Crippen LogP contribution >= 0.6 is 0 Å². The van der Waals surface area contributed by atoms with E-state index in [0.29, 0.717) is 18.0 Å². The molecule has 2 N–H and O–H groups in total. The molecule has 0 saturated heterocycles. The van der Waals surface area contributed by atoms with E-state index in [2.05, 4.69) is 17.2 Å². The van der Waals surface area contributed by atoms with Crippen molar-refractivity contribution in [3.05, 3.63) is 99.8 Å². The second-order valence-electron chi connectivity index (χ2n) is 8.63. The minimum atomic E-state index is -0.425. The summed E-state index contributed by atoms with van der Waals surface area (Å²) in [4.78, 5) is 0. The molecular weight excluding hydrogens is 440 g/mol. The van der Waals surface area contributed by atoms with Crippen LogP contribution in [0.4, 0.5) is 0 Å². The van der Waals surface area contributed by atoms with Gasteiger partial charge in [0.1, 0.15) is 17.4 Å². The first-order valence-corrected chi connectivity index (χ1v) is 11.3. The fourth-order valence-corrected chi connectivity index (χ4v) is 4.69. The molecule has 2 aromatic heterocycles. The van der Waals surface area contributed by atoms with Crippen LogP contribution < -0.4 is 15.2 Å². The zero-order chi connectivity index (χ0) is 24.7. The molecule has 1 aliphatic rings. The van der Waals surface area contributed by atoms with E-state index in [-0.39, 0.29) is 5.88 Å². The number of allylic oxidation sites excluding steroid dienone is 1. The number of fused-ring (bicyclic) bond motifs is 1. The van der Waals surface area contributed by atoms with E-state index in [9.17, 15) is 5.26 Å². The molecule has 0 fully saturated rings. The van der Waals surface area contributed by atoms with Crippen LogP contribution in [0.25, 0.3) is 5.69 Å². The van der Waals surface area contributed by atoms with E-state index in [4.69, 9.17) is 20.3 Å². The number of methoxy groups -OCH3 is 1. The Hall–Kier alpha value is -4.51. The number of aromatic nitrogens is 4.